The van der Waals surface area contributed by atoms with Gasteiger partial charge >= 0.3 is 5.97 Å². The van der Waals surface area contributed by atoms with Crippen molar-refractivity contribution in [3.63, 3.8) is 0 Å². The molecule has 0 atom stereocenters. The van der Waals surface area contributed by atoms with E-state index in [1.165, 1.54) is 12.2 Å². The maximum Gasteiger partial charge on any atom is 0.355 e. The summed E-state index contributed by atoms with van der Waals surface area (Å²) in [6.07, 6.45) is 6.08. The number of ether oxygens (including phenoxy) is 1. The van der Waals surface area contributed by atoms with Crippen molar-refractivity contribution >= 4 is 24.0 Å². The molecule has 0 bridgehead atoms. The molecular formula is C21H19NO3. The number of rotatable bonds is 7. The van der Waals surface area contributed by atoms with Crippen LogP contribution in [0.5, 0.6) is 0 Å². The first-order valence-electron chi connectivity index (χ1n) is 7.78. The third kappa shape index (κ3) is 6.31. The number of carbonyl (C=O) groups is 2. The second kappa shape index (κ2) is 9.67. The Labute approximate surface area is 147 Å². The predicted molar refractivity (Wildman–Crippen MR) is 99.2 cm³/mol. The molecule has 4 heteroatoms. The third-order valence-electron chi connectivity index (χ3n) is 3.15. The maximum atomic E-state index is 12.1. The predicted octanol–water partition coefficient (Wildman–Crippen LogP) is 3.59. The zero-order chi connectivity index (χ0) is 17.9. The van der Waals surface area contributed by atoms with Crippen LogP contribution in [0, 0.1) is 0 Å². The van der Waals surface area contributed by atoms with Gasteiger partial charge < -0.3 is 10.1 Å². The molecule has 2 aromatic rings. The largest absolute Gasteiger partial charge is 0.457 e. The highest BCUT2D eigenvalue weighted by atomic mass is 16.5. The van der Waals surface area contributed by atoms with Gasteiger partial charge in [0.05, 0.1) is 0 Å². The molecule has 0 saturated carbocycles. The molecule has 4 nitrogen and oxygen atoms in total. The zero-order valence-electron chi connectivity index (χ0n) is 13.7. The quantitative estimate of drug-likeness (QED) is 0.479. The van der Waals surface area contributed by atoms with E-state index in [9.17, 15) is 9.59 Å². The number of hydrogen-bond donors (Lipinski definition) is 1. The van der Waals surface area contributed by atoms with Gasteiger partial charge in [-0.3, -0.25) is 4.79 Å². The van der Waals surface area contributed by atoms with E-state index in [4.69, 9.17) is 4.74 Å². The van der Waals surface area contributed by atoms with Crippen LogP contribution in [0.1, 0.15) is 11.1 Å². The number of amides is 1. The normalized spacial score (nSPS) is 11.1. The Morgan fingerprint density at radius 3 is 2.16 bits per heavy atom. The molecule has 0 heterocycles. The summed E-state index contributed by atoms with van der Waals surface area (Å²) in [5.74, 6) is -1.04. The Kier molecular flexibility index (Phi) is 6.95. The first-order valence-corrected chi connectivity index (χ1v) is 7.78. The van der Waals surface area contributed by atoms with Crippen LogP contribution >= 0.6 is 0 Å². The van der Waals surface area contributed by atoms with E-state index >= 15 is 0 Å². The minimum Gasteiger partial charge on any atom is -0.457 e. The standard InChI is InChI=1S/C21H19NO3/c1-2-15-25-21(24)19(16-18-11-7-4-8-12-18)22-20(23)14-13-17-9-5-3-6-10-17/h2-14,16H,1,15H2,(H,22,23)/b14-13+,19-16-. The molecular weight excluding hydrogens is 314 g/mol. The highest BCUT2D eigenvalue weighted by Gasteiger charge is 2.13. The summed E-state index contributed by atoms with van der Waals surface area (Å²) >= 11 is 0. The average Bonchev–Trinajstić information content (AvgIpc) is 2.65. The van der Waals surface area contributed by atoms with Gasteiger partial charge in [-0.25, -0.2) is 4.79 Å². The lowest BCUT2D eigenvalue weighted by atomic mass is 10.2. The molecule has 0 radical (unpaired) electrons. The van der Waals surface area contributed by atoms with Gasteiger partial charge in [0.25, 0.3) is 0 Å². The van der Waals surface area contributed by atoms with E-state index in [1.54, 1.807) is 12.2 Å². The van der Waals surface area contributed by atoms with E-state index in [0.717, 1.165) is 11.1 Å². The molecule has 0 aliphatic heterocycles. The van der Waals surface area contributed by atoms with Crippen LogP contribution in [0.2, 0.25) is 0 Å². The second-order valence-corrected chi connectivity index (χ2v) is 5.09. The van der Waals surface area contributed by atoms with Crippen molar-refractivity contribution in [3.05, 3.63) is 96.2 Å². The van der Waals surface area contributed by atoms with Crippen LogP contribution in [0.4, 0.5) is 0 Å². The molecule has 0 spiro atoms. The Morgan fingerprint density at radius 2 is 1.56 bits per heavy atom. The molecule has 0 aliphatic carbocycles. The molecule has 2 aromatic carbocycles. The number of esters is 1. The van der Waals surface area contributed by atoms with Crippen molar-refractivity contribution in [1.29, 1.82) is 0 Å². The number of hydrogen-bond acceptors (Lipinski definition) is 3. The van der Waals surface area contributed by atoms with Crippen molar-refractivity contribution in [2.75, 3.05) is 6.61 Å². The third-order valence-corrected chi connectivity index (χ3v) is 3.15. The lowest BCUT2D eigenvalue weighted by Crippen LogP contribution is -2.27. The second-order valence-electron chi connectivity index (χ2n) is 5.09. The highest BCUT2D eigenvalue weighted by molar-refractivity contribution is 6.02. The lowest BCUT2D eigenvalue weighted by Gasteiger charge is -2.08. The fraction of sp³-hybridized carbons (Fsp3) is 0.0476. The van der Waals surface area contributed by atoms with Gasteiger partial charge in [-0.1, -0.05) is 73.3 Å². The SMILES string of the molecule is C=CCOC(=O)/C(=C/c1ccccc1)NC(=O)/C=C/c1ccccc1. The fourth-order valence-corrected chi connectivity index (χ4v) is 1.98. The van der Waals surface area contributed by atoms with Gasteiger partial charge in [0, 0.05) is 6.08 Å². The summed E-state index contributed by atoms with van der Waals surface area (Å²) in [5.41, 5.74) is 1.73. The average molecular weight is 333 g/mol. The highest BCUT2D eigenvalue weighted by Crippen LogP contribution is 2.07. The first kappa shape index (κ1) is 17.9. The lowest BCUT2D eigenvalue weighted by molar-refractivity contribution is -0.139. The zero-order valence-corrected chi connectivity index (χ0v) is 13.7. The van der Waals surface area contributed by atoms with Crippen LogP contribution in [-0.4, -0.2) is 18.5 Å². The van der Waals surface area contributed by atoms with Crippen molar-refractivity contribution in [2.24, 2.45) is 0 Å². The smallest absolute Gasteiger partial charge is 0.355 e. The molecule has 126 valence electrons. The summed E-state index contributed by atoms with van der Waals surface area (Å²) in [7, 11) is 0. The monoisotopic (exact) mass is 333 g/mol. The van der Waals surface area contributed by atoms with Crippen molar-refractivity contribution in [3.8, 4) is 0 Å². The fourth-order valence-electron chi connectivity index (χ4n) is 1.98. The van der Waals surface area contributed by atoms with E-state index in [2.05, 4.69) is 11.9 Å². The maximum absolute atomic E-state index is 12.1. The van der Waals surface area contributed by atoms with Crippen LogP contribution in [0.15, 0.2) is 85.1 Å². The van der Waals surface area contributed by atoms with Gasteiger partial charge in [0.1, 0.15) is 12.3 Å². The van der Waals surface area contributed by atoms with Gasteiger partial charge in [0.15, 0.2) is 0 Å². The van der Waals surface area contributed by atoms with Crippen LogP contribution < -0.4 is 5.32 Å². The van der Waals surface area contributed by atoms with E-state index in [0.29, 0.717) is 0 Å². The molecule has 0 saturated heterocycles. The topological polar surface area (TPSA) is 55.4 Å². The van der Waals surface area contributed by atoms with Crippen LogP contribution in [0.25, 0.3) is 12.2 Å². The number of nitrogens with one attached hydrogen (secondary N) is 1. The first-order chi connectivity index (χ1) is 12.2. The van der Waals surface area contributed by atoms with Crippen molar-refractivity contribution in [1.82, 2.24) is 5.32 Å². The molecule has 0 aliphatic rings. The Hall–Kier alpha value is -3.40. The minimum absolute atomic E-state index is 0.0655. The van der Waals surface area contributed by atoms with Gasteiger partial charge in [-0.2, -0.15) is 0 Å². The Bertz CT molecular complexity index is 777. The van der Waals surface area contributed by atoms with Gasteiger partial charge in [0.2, 0.25) is 5.91 Å². The molecule has 2 rings (SSSR count). The summed E-state index contributed by atoms with van der Waals surface area (Å²) in [4.78, 5) is 24.3. The molecule has 0 fully saturated rings. The summed E-state index contributed by atoms with van der Waals surface area (Å²) in [6.45, 7) is 3.57. The Morgan fingerprint density at radius 1 is 0.960 bits per heavy atom. The van der Waals surface area contributed by atoms with E-state index in [1.807, 2.05) is 60.7 Å². The molecule has 1 N–H and O–H groups in total. The minimum atomic E-state index is -0.620. The summed E-state index contributed by atoms with van der Waals surface area (Å²) < 4.78 is 5.03. The van der Waals surface area contributed by atoms with Crippen LogP contribution in [-0.2, 0) is 14.3 Å². The summed E-state index contributed by atoms with van der Waals surface area (Å²) in [6, 6.07) is 18.6. The Balaban J connectivity index is 2.13. The number of carbonyl (C=O) groups excluding carboxylic acids is 2. The van der Waals surface area contributed by atoms with E-state index in [-0.39, 0.29) is 12.3 Å². The number of benzene rings is 2. The van der Waals surface area contributed by atoms with Gasteiger partial charge in [-0.05, 0) is 23.3 Å². The molecule has 1 amide bonds. The van der Waals surface area contributed by atoms with Gasteiger partial charge in [-0.15, -0.1) is 0 Å². The van der Waals surface area contributed by atoms with Crippen molar-refractivity contribution in [2.45, 2.75) is 0 Å². The summed E-state index contributed by atoms with van der Waals surface area (Å²) in [5, 5.41) is 2.57. The molecule has 25 heavy (non-hydrogen) atoms. The van der Waals surface area contributed by atoms with Crippen molar-refractivity contribution < 1.29 is 14.3 Å². The molecule has 0 unspecified atom stereocenters. The van der Waals surface area contributed by atoms with E-state index < -0.39 is 11.9 Å². The van der Waals surface area contributed by atoms with Crippen LogP contribution in [0.3, 0.4) is 0 Å². The molecule has 0 aromatic heterocycles.